The van der Waals surface area contributed by atoms with Crippen LogP contribution in [-0.4, -0.2) is 5.78 Å². The maximum absolute atomic E-state index is 12.9. The van der Waals surface area contributed by atoms with Gasteiger partial charge in [-0.1, -0.05) is 27.7 Å². The molecule has 0 saturated heterocycles. The van der Waals surface area contributed by atoms with E-state index in [1.54, 1.807) is 0 Å². The second-order valence-electron chi connectivity index (χ2n) is 7.58. The van der Waals surface area contributed by atoms with Crippen molar-refractivity contribution in [3.05, 3.63) is 0 Å². The van der Waals surface area contributed by atoms with Gasteiger partial charge in [0, 0.05) is 10.8 Å². The normalized spacial score (nSPS) is 54.1. The van der Waals surface area contributed by atoms with Crippen LogP contribution in [0.5, 0.6) is 0 Å². The van der Waals surface area contributed by atoms with E-state index in [9.17, 15) is 4.79 Å². The molecule has 16 heavy (non-hydrogen) atoms. The summed E-state index contributed by atoms with van der Waals surface area (Å²) >= 11 is 0. The van der Waals surface area contributed by atoms with Crippen molar-refractivity contribution in [2.45, 2.75) is 59.8 Å². The lowest BCUT2D eigenvalue weighted by atomic mass is 9.65. The fourth-order valence-corrected chi connectivity index (χ4v) is 5.77. The molecule has 0 aromatic heterocycles. The van der Waals surface area contributed by atoms with Gasteiger partial charge in [0.15, 0.2) is 0 Å². The van der Waals surface area contributed by atoms with E-state index in [-0.39, 0.29) is 10.8 Å². The van der Waals surface area contributed by atoms with Crippen molar-refractivity contribution < 1.29 is 4.79 Å². The maximum Gasteiger partial charge on any atom is 0.145 e. The lowest BCUT2D eigenvalue weighted by Crippen LogP contribution is -2.39. The average Bonchev–Trinajstić information content (AvgIpc) is 2.68. The number of carbonyl (C=O) groups excluding carboxylic acids is 1. The molecule has 0 aromatic rings. The van der Waals surface area contributed by atoms with Gasteiger partial charge in [0.25, 0.3) is 0 Å². The van der Waals surface area contributed by atoms with Gasteiger partial charge in [-0.05, 0) is 49.4 Å². The monoisotopic (exact) mass is 220 g/mol. The van der Waals surface area contributed by atoms with Gasteiger partial charge in [-0.15, -0.1) is 0 Å². The van der Waals surface area contributed by atoms with Crippen LogP contribution < -0.4 is 0 Å². The third-order valence-electron chi connectivity index (χ3n) is 6.25. The first-order chi connectivity index (χ1) is 7.33. The van der Waals surface area contributed by atoms with Crippen molar-refractivity contribution in [1.82, 2.24) is 0 Å². The van der Waals surface area contributed by atoms with Crippen LogP contribution in [0.25, 0.3) is 0 Å². The van der Waals surface area contributed by atoms with Crippen LogP contribution in [0.3, 0.4) is 0 Å². The van der Waals surface area contributed by atoms with E-state index >= 15 is 0 Å². The van der Waals surface area contributed by atoms with Gasteiger partial charge in [-0.25, -0.2) is 0 Å². The fourth-order valence-electron chi connectivity index (χ4n) is 5.77. The summed E-state index contributed by atoms with van der Waals surface area (Å²) in [7, 11) is 0. The Hall–Kier alpha value is -0.330. The third kappa shape index (κ3) is 0.926. The first-order valence-corrected chi connectivity index (χ1v) is 6.88. The van der Waals surface area contributed by atoms with Crippen molar-refractivity contribution in [3.8, 4) is 0 Å². The summed E-state index contributed by atoms with van der Waals surface area (Å²) in [5.41, 5.74) is 0.344. The average molecular weight is 220 g/mol. The molecule has 1 spiro atoms. The quantitative estimate of drug-likeness (QED) is 0.606. The lowest BCUT2D eigenvalue weighted by molar-refractivity contribution is -0.135. The molecule has 0 aliphatic heterocycles. The van der Waals surface area contributed by atoms with Crippen molar-refractivity contribution >= 4 is 5.78 Å². The van der Waals surface area contributed by atoms with Crippen molar-refractivity contribution in [1.29, 1.82) is 0 Å². The van der Waals surface area contributed by atoms with E-state index in [1.165, 1.54) is 25.7 Å². The molecule has 3 saturated carbocycles. The van der Waals surface area contributed by atoms with Crippen LogP contribution in [0.2, 0.25) is 0 Å². The fraction of sp³-hybridized carbons (Fsp3) is 0.933. The molecule has 0 radical (unpaired) electrons. The van der Waals surface area contributed by atoms with Crippen LogP contribution >= 0.6 is 0 Å². The molecule has 1 nitrogen and oxygen atoms in total. The van der Waals surface area contributed by atoms with E-state index in [0.29, 0.717) is 17.1 Å². The third-order valence-corrected chi connectivity index (χ3v) is 6.25. The molecule has 0 amide bonds. The Morgan fingerprint density at radius 1 is 1.12 bits per heavy atom. The summed E-state index contributed by atoms with van der Waals surface area (Å²) in [6.07, 6.45) is 6.18. The van der Waals surface area contributed by atoms with Gasteiger partial charge in [-0.2, -0.15) is 0 Å². The Kier molecular flexibility index (Phi) is 1.85. The molecule has 3 aliphatic carbocycles. The lowest BCUT2D eigenvalue weighted by Gasteiger charge is -2.36. The topological polar surface area (TPSA) is 17.1 Å². The van der Waals surface area contributed by atoms with E-state index in [2.05, 4.69) is 27.7 Å². The van der Waals surface area contributed by atoms with E-state index in [0.717, 1.165) is 12.3 Å². The zero-order valence-corrected chi connectivity index (χ0v) is 11.1. The van der Waals surface area contributed by atoms with E-state index in [4.69, 9.17) is 0 Å². The molecule has 0 bridgehead atoms. The van der Waals surface area contributed by atoms with Crippen molar-refractivity contribution in [2.75, 3.05) is 0 Å². The number of carbonyl (C=O) groups is 1. The summed E-state index contributed by atoms with van der Waals surface area (Å²) in [6, 6.07) is 0. The number of rotatable bonds is 0. The smallest absolute Gasteiger partial charge is 0.145 e. The van der Waals surface area contributed by atoms with Crippen LogP contribution in [0.15, 0.2) is 0 Å². The largest absolute Gasteiger partial charge is 0.298 e. The summed E-state index contributed by atoms with van der Waals surface area (Å²) < 4.78 is 0. The Morgan fingerprint density at radius 3 is 2.50 bits per heavy atom. The molecule has 90 valence electrons. The molecular formula is C15H24O. The van der Waals surface area contributed by atoms with Gasteiger partial charge in [0.2, 0.25) is 0 Å². The zero-order chi connectivity index (χ0) is 11.8. The second-order valence-corrected chi connectivity index (χ2v) is 7.58. The summed E-state index contributed by atoms with van der Waals surface area (Å²) in [5.74, 6) is 2.08. The van der Waals surface area contributed by atoms with Gasteiger partial charge >= 0.3 is 0 Å². The molecule has 1 heteroatoms. The van der Waals surface area contributed by atoms with E-state index in [1.807, 2.05) is 0 Å². The number of hydrogen-bond acceptors (Lipinski definition) is 1. The summed E-state index contributed by atoms with van der Waals surface area (Å²) in [4.78, 5) is 12.9. The second kappa shape index (κ2) is 2.73. The minimum atomic E-state index is -0.0581. The Balaban J connectivity index is 2.14. The molecule has 3 fully saturated rings. The van der Waals surface area contributed by atoms with Gasteiger partial charge in [0.05, 0.1) is 0 Å². The summed E-state index contributed by atoms with van der Waals surface area (Å²) in [6.45, 7) is 9.11. The summed E-state index contributed by atoms with van der Waals surface area (Å²) in [5, 5.41) is 0. The number of Topliss-reactive ketones (excluding diaryl/α,β-unsaturated/α-hetero) is 1. The van der Waals surface area contributed by atoms with Crippen LogP contribution in [-0.2, 0) is 4.79 Å². The Bertz CT molecular complexity index is 356. The first kappa shape index (κ1) is 10.8. The molecule has 0 heterocycles. The van der Waals surface area contributed by atoms with Crippen molar-refractivity contribution in [2.24, 2.45) is 28.1 Å². The van der Waals surface area contributed by atoms with Gasteiger partial charge in [0.1, 0.15) is 5.78 Å². The SMILES string of the molecule is C[C@@H]1CC[C@@]23C(=O)C(C)(C)C[C@]2(C)CC[C@@H]13. The molecule has 4 atom stereocenters. The van der Waals surface area contributed by atoms with Gasteiger partial charge in [-0.3, -0.25) is 4.79 Å². The Labute approximate surface area is 99.0 Å². The number of hydrogen-bond donors (Lipinski definition) is 0. The first-order valence-electron chi connectivity index (χ1n) is 6.88. The number of ketones is 1. The van der Waals surface area contributed by atoms with Crippen LogP contribution in [0.4, 0.5) is 0 Å². The molecule has 3 aliphatic rings. The molecular weight excluding hydrogens is 196 g/mol. The molecule has 0 aromatic carbocycles. The van der Waals surface area contributed by atoms with E-state index < -0.39 is 0 Å². The molecule has 0 unspecified atom stereocenters. The predicted octanol–water partition coefficient (Wildman–Crippen LogP) is 3.82. The van der Waals surface area contributed by atoms with Gasteiger partial charge < -0.3 is 0 Å². The predicted molar refractivity (Wildman–Crippen MR) is 65.1 cm³/mol. The standard InChI is InChI=1S/C15H24O/c1-10-5-8-15-11(10)6-7-14(15,4)9-13(2,3)12(15)16/h10-11H,5-9H2,1-4H3/t10-,11+,14+,15-/m1/s1. The highest BCUT2D eigenvalue weighted by Gasteiger charge is 2.71. The highest BCUT2D eigenvalue weighted by molar-refractivity contribution is 5.94. The van der Waals surface area contributed by atoms with Crippen molar-refractivity contribution in [3.63, 3.8) is 0 Å². The van der Waals surface area contributed by atoms with Crippen LogP contribution in [0, 0.1) is 28.1 Å². The zero-order valence-electron chi connectivity index (χ0n) is 11.1. The highest BCUT2D eigenvalue weighted by Crippen LogP contribution is 2.73. The highest BCUT2D eigenvalue weighted by atomic mass is 16.1. The molecule has 3 rings (SSSR count). The minimum Gasteiger partial charge on any atom is -0.298 e. The molecule has 0 N–H and O–H groups in total. The van der Waals surface area contributed by atoms with Crippen LogP contribution in [0.1, 0.15) is 59.8 Å². The minimum absolute atomic E-state index is 0.0581. The Morgan fingerprint density at radius 2 is 1.81 bits per heavy atom. The maximum atomic E-state index is 12.9.